The molecule has 21 heavy (non-hydrogen) atoms. The van der Waals surface area contributed by atoms with E-state index < -0.39 is 28.3 Å². The minimum absolute atomic E-state index is 0.0372. The smallest absolute Gasteiger partial charge is 0.194 e. The third-order valence-electron chi connectivity index (χ3n) is 3.59. The first kappa shape index (κ1) is 14.7. The molecule has 0 aromatic heterocycles. The topological polar surface area (TPSA) is 0 Å². The van der Waals surface area contributed by atoms with Crippen LogP contribution in [-0.2, 0) is 11.8 Å². The van der Waals surface area contributed by atoms with E-state index in [2.05, 4.69) is 0 Å². The fraction of sp³-hybridized carbons (Fsp3) is 0.200. The number of fused-ring (bicyclic) bond motifs is 2. The Kier molecular flexibility index (Phi) is 3.22. The zero-order valence-electron chi connectivity index (χ0n) is 10.4. The molecule has 0 saturated heterocycles. The molecule has 0 N–H and O–H groups in total. The Morgan fingerprint density at radius 1 is 0.810 bits per heavy atom. The quantitative estimate of drug-likeness (QED) is 0.417. The number of alkyl halides is 5. The van der Waals surface area contributed by atoms with Crippen molar-refractivity contribution in [1.82, 2.24) is 0 Å². The SMILES string of the molecule is FC1(F)c2ccccc2C(Cl)c2cc(Cl)ccc2C1(F)F. The van der Waals surface area contributed by atoms with E-state index in [-0.39, 0.29) is 16.1 Å². The van der Waals surface area contributed by atoms with Crippen LogP contribution in [0.25, 0.3) is 0 Å². The van der Waals surface area contributed by atoms with Gasteiger partial charge >= 0.3 is 11.8 Å². The van der Waals surface area contributed by atoms with E-state index in [9.17, 15) is 17.6 Å². The molecule has 0 heterocycles. The molecule has 0 bridgehead atoms. The van der Waals surface area contributed by atoms with Gasteiger partial charge in [-0.25, -0.2) is 0 Å². The summed E-state index contributed by atoms with van der Waals surface area (Å²) in [4.78, 5) is 0. The van der Waals surface area contributed by atoms with Gasteiger partial charge in [-0.15, -0.1) is 11.6 Å². The Morgan fingerprint density at radius 2 is 1.38 bits per heavy atom. The molecule has 0 aliphatic heterocycles. The maximum Gasteiger partial charge on any atom is 0.340 e. The highest BCUT2D eigenvalue weighted by Crippen LogP contribution is 2.56. The highest BCUT2D eigenvalue weighted by atomic mass is 35.5. The van der Waals surface area contributed by atoms with Crippen LogP contribution in [0.5, 0.6) is 0 Å². The van der Waals surface area contributed by atoms with Crippen molar-refractivity contribution in [3.05, 3.63) is 69.7 Å². The number of hydrogen-bond donors (Lipinski definition) is 0. The third kappa shape index (κ3) is 1.96. The van der Waals surface area contributed by atoms with Crippen molar-refractivity contribution < 1.29 is 17.6 Å². The molecule has 1 atom stereocenters. The van der Waals surface area contributed by atoms with Gasteiger partial charge in [0.2, 0.25) is 0 Å². The van der Waals surface area contributed by atoms with Crippen molar-refractivity contribution in [3.63, 3.8) is 0 Å². The van der Waals surface area contributed by atoms with Gasteiger partial charge in [-0.1, -0.05) is 41.9 Å². The zero-order chi connectivity index (χ0) is 15.4. The molecule has 2 aromatic rings. The van der Waals surface area contributed by atoms with Gasteiger partial charge in [0.05, 0.1) is 5.38 Å². The summed E-state index contributed by atoms with van der Waals surface area (Å²) < 4.78 is 57.4. The van der Waals surface area contributed by atoms with Crippen LogP contribution in [0.4, 0.5) is 17.6 Å². The average molecular weight is 335 g/mol. The first-order chi connectivity index (χ1) is 9.76. The van der Waals surface area contributed by atoms with Crippen LogP contribution in [0.3, 0.4) is 0 Å². The predicted molar refractivity (Wildman–Crippen MR) is 73.4 cm³/mol. The molecule has 110 valence electrons. The molecule has 0 spiro atoms. The van der Waals surface area contributed by atoms with E-state index >= 15 is 0 Å². The average Bonchev–Trinajstić information content (AvgIpc) is 2.49. The minimum atomic E-state index is -4.37. The molecular weight excluding hydrogens is 327 g/mol. The molecule has 3 rings (SSSR count). The maximum absolute atomic E-state index is 14.4. The van der Waals surface area contributed by atoms with Crippen molar-refractivity contribution in [2.24, 2.45) is 0 Å². The van der Waals surface area contributed by atoms with Gasteiger partial charge in [0, 0.05) is 16.1 Å². The molecule has 0 saturated carbocycles. The van der Waals surface area contributed by atoms with E-state index in [4.69, 9.17) is 23.2 Å². The van der Waals surface area contributed by atoms with E-state index in [1.54, 1.807) is 0 Å². The molecule has 1 aliphatic carbocycles. The molecule has 0 nitrogen and oxygen atoms in total. The predicted octanol–water partition coefficient (Wildman–Crippen LogP) is 5.87. The van der Waals surface area contributed by atoms with Crippen LogP contribution in [0.15, 0.2) is 42.5 Å². The van der Waals surface area contributed by atoms with Gasteiger partial charge in [0.15, 0.2) is 0 Å². The number of benzene rings is 2. The van der Waals surface area contributed by atoms with E-state index in [1.807, 2.05) is 0 Å². The summed E-state index contributed by atoms with van der Waals surface area (Å²) >= 11 is 12.0. The van der Waals surface area contributed by atoms with Gasteiger partial charge in [-0.3, -0.25) is 0 Å². The maximum atomic E-state index is 14.4. The monoisotopic (exact) mass is 334 g/mol. The van der Waals surface area contributed by atoms with E-state index in [0.29, 0.717) is 0 Å². The second-order valence-corrected chi connectivity index (χ2v) is 5.70. The summed E-state index contributed by atoms with van der Waals surface area (Å²) in [5.41, 5.74) is -1.70. The molecule has 6 heteroatoms. The van der Waals surface area contributed by atoms with Crippen LogP contribution in [0, 0.1) is 0 Å². The number of hydrogen-bond acceptors (Lipinski definition) is 0. The number of halogens is 6. The largest absolute Gasteiger partial charge is 0.340 e. The van der Waals surface area contributed by atoms with E-state index in [0.717, 1.165) is 18.2 Å². The Hall–Kier alpha value is -1.26. The highest BCUT2D eigenvalue weighted by Gasteiger charge is 2.62. The first-order valence-electron chi connectivity index (χ1n) is 6.06. The van der Waals surface area contributed by atoms with Crippen LogP contribution >= 0.6 is 23.2 Å². The van der Waals surface area contributed by atoms with Crippen molar-refractivity contribution in [1.29, 1.82) is 0 Å². The zero-order valence-corrected chi connectivity index (χ0v) is 11.9. The molecule has 1 aliphatic rings. The Morgan fingerprint density at radius 3 is 2.05 bits per heavy atom. The summed E-state index contributed by atoms with van der Waals surface area (Å²) in [5, 5.41) is -0.952. The lowest BCUT2D eigenvalue weighted by atomic mass is 9.96. The second kappa shape index (κ2) is 4.62. The molecule has 1 unspecified atom stereocenters. The fourth-order valence-electron chi connectivity index (χ4n) is 2.54. The molecule has 0 amide bonds. The van der Waals surface area contributed by atoms with Crippen molar-refractivity contribution in [2.45, 2.75) is 17.2 Å². The second-order valence-electron chi connectivity index (χ2n) is 4.83. The lowest BCUT2D eigenvalue weighted by Crippen LogP contribution is -2.35. The summed E-state index contributed by atoms with van der Waals surface area (Å²) in [6.45, 7) is 0. The standard InChI is InChI=1S/C15H8Cl2F4/c16-8-5-6-12-10(7-8)13(17)9-3-1-2-4-11(9)14(18,19)15(12,20)21/h1-7,13H. The normalized spacial score (nSPS) is 22.1. The van der Waals surface area contributed by atoms with Gasteiger partial charge in [0.25, 0.3) is 0 Å². The summed E-state index contributed by atoms with van der Waals surface area (Å²) in [7, 11) is 0. The van der Waals surface area contributed by atoms with Crippen LogP contribution in [0.1, 0.15) is 27.6 Å². The molecule has 0 radical (unpaired) electrons. The summed E-state index contributed by atoms with van der Waals surface area (Å²) in [6, 6.07) is 8.35. The van der Waals surface area contributed by atoms with E-state index in [1.165, 1.54) is 24.3 Å². The van der Waals surface area contributed by atoms with Gasteiger partial charge in [-0.05, 0) is 23.3 Å². The molecule has 2 aromatic carbocycles. The molecular formula is C15H8Cl2F4. The summed E-state index contributed by atoms with van der Waals surface area (Å²) in [6.07, 6.45) is 0. The fourth-order valence-corrected chi connectivity index (χ4v) is 3.09. The minimum Gasteiger partial charge on any atom is -0.194 e. The van der Waals surface area contributed by atoms with Crippen LogP contribution in [0.2, 0.25) is 5.02 Å². The van der Waals surface area contributed by atoms with Crippen LogP contribution < -0.4 is 0 Å². The first-order valence-corrected chi connectivity index (χ1v) is 6.87. The highest BCUT2D eigenvalue weighted by molar-refractivity contribution is 6.31. The van der Waals surface area contributed by atoms with Crippen molar-refractivity contribution >= 4 is 23.2 Å². The van der Waals surface area contributed by atoms with Gasteiger partial charge < -0.3 is 0 Å². The lowest BCUT2D eigenvalue weighted by molar-refractivity contribution is -0.223. The van der Waals surface area contributed by atoms with Crippen molar-refractivity contribution in [2.75, 3.05) is 0 Å². The Balaban J connectivity index is 2.41. The van der Waals surface area contributed by atoms with Gasteiger partial charge in [-0.2, -0.15) is 17.6 Å². The van der Waals surface area contributed by atoms with Gasteiger partial charge in [0.1, 0.15) is 0 Å². The Bertz CT molecular complexity index is 713. The third-order valence-corrected chi connectivity index (χ3v) is 4.30. The Labute approximate surface area is 128 Å². The number of rotatable bonds is 0. The van der Waals surface area contributed by atoms with Crippen LogP contribution in [-0.4, -0.2) is 0 Å². The summed E-state index contributed by atoms with van der Waals surface area (Å²) in [5.74, 6) is -8.72. The molecule has 0 fully saturated rings. The van der Waals surface area contributed by atoms with Crippen molar-refractivity contribution in [3.8, 4) is 0 Å². The lowest BCUT2D eigenvalue weighted by Gasteiger charge is -2.27.